The monoisotopic (exact) mass is 320 g/mol. The minimum atomic E-state index is -3.86. The van der Waals surface area contributed by atoms with E-state index in [1.165, 1.54) is 22.5 Å². The van der Waals surface area contributed by atoms with Crippen LogP contribution in [0.25, 0.3) is 0 Å². The predicted molar refractivity (Wildman–Crippen MR) is 76.5 cm³/mol. The van der Waals surface area contributed by atoms with E-state index < -0.39 is 15.8 Å². The molecule has 20 heavy (non-hydrogen) atoms. The lowest BCUT2D eigenvalue weighted by Crippen LogP contribution is -2.45. The minimum absolute atomic E-state index is 0.0859. The summed E-state index contributed by atoms with van der Waals surface area (Å²) in [6.07, 6.45) is 1.62. The van der Waals surface area contributed by atoms with Crippen LogP contribution in [0.3, 0.4) is 0 Å². The van der Waals surface area contributed by atoms with Crippen molar-refractivity contribution >= 4 is 21.6 Å². The quantitative estimate of drug-likeness (QED) is 0.929. The van der Waals surface area contributed by atoms with Gasteiger partial charge in [0.05, 0.1) is 5.02 Å². The summed E-state index contributed by atoms with van der Waals surface area (Å²) in [5, 5.41) is -0.188. The summed E-state index contributed by atoms with van der Waals surface area (Å²) in [7, 11) is -3.86. The molecule has 1 saturated heterocycles. The number of hydrogen-bond donors (Lipinski definition) is 1. The van der Waals surface area contributed by atoms with Gasteiger partial charge >= 0.3 is 0 Å². The Kier molecular flexibility index (Phi) is 4.69. The van der Waals surface area contributed by atoms with Crippen LogP contribution in [0.5, 0.6) is 0 Å². The van der Waals surface area contributed by atoms with E-state index in [9.17, 15) is 12.8 Å². The number of hydrogen-bond acceptors (Lipinski definition) is 3. The van der Waals surface area contributed by atoms with Crippen LogP contribution in [0.2, 0.25) is 5.02 Å². The topological polar surface area (TPSA) is 63.4 Å². The maximum atomic E-state index is 13.9. The summed E-state index contributed by atoms with van der Waals surface area (Å²) >= 11 is 5.66. The average Bonchev–Trinajstić information content (AvgIpc) is 2.41. The summed E-state index contributed by atoms with van der Waals surface area (Å²) < 4.78 is 40.3. The molecule has 2 atom stereocenters. The fourth-order valence-electron chi connectivity index (χ4n) is 2.44. The van der Waals surface area contributed by atoms with Crippen LogP contribution in [-0.2, 0) is 10.0 Å². The fraction of sp³-hybridized carbons (Fsp3) is 0.538. The van der Waals surface area contributed by atoms with E-state index in [2.05, 4.69) is 0 Å². The van der Waals surface area contributed by atoms with Crippen molar-refractivity contribution in [3.63, 3.8) is 0 Å². The summed E-state index contributed by atoms with van der Waals surface area (Å²) in [5.74, 6) is -0.794. The highest BCUT2D eigenvalue weighted by Crippen LogP contribution is 2.28. The smallest absolute Gasteiger partial charge is 0.246 e. The Hall–Kier alpha value is -0.690. The molecule has 0 unspecified atom stereocenters. The van der Waals surface area contributed by atoms with Crippen LogP contribution in [-0.4, -0.2) is 31.9 Å². The normalized spacial score (nSPS) is 22.7. The molecule has 1 aromatic carbocycles. The van der Waals surface area contributed by atoms with Gasteiger partial charge in [-0.2, -0.15) is 4.31 Å². The van der Waals surface area contributed by atoms with Crippen LogP contribution in [0.4, 0.5) is 4.39 Å². The maximum absolute atomic E-state index is 13.9. The highest BCUT2D eigenvalue weighted by Gasteiger charge is 2.33. The average molecular weight is 321 g/mol. The number of benzene rings is 1. The summed E-state index contributed by atoms with van der Waals surface area (Å²) in [4.78, 5) is -0.365. The molecule has 112 valence electrons. The third-order valence-electron chi connectivity index (χ3n) is 3.70. The first kappa shape index (κ1) is 15.7. The molecule has 0 aliphatic carbocycles. The second-order valence-corrected chi connectivity index (χ2v) is 7.49. The van der Waals surface area contributed by atoms with E-state index >= 15 is 0 Å². The molecule has 0 spiro atoms. The van der Waals surface area contributed by atoms with E-state index in [1.54, 1.807) is 0 Å². The van der Waals surface area contributed by atoms with Gasteiger partial charge < -0.3 is 5.73 Å². The van der Waals surface area contributed by atoms with Crippen molar-refractivity contribution in [3.05, 3.63) is 29.0 Å². The third kappa shape index (κ3) is 2.98. The molecule has 0 saturated carbocycles. The second kappa shape index (κ2) is 5.97. The van der Waals surface area contributed by atoms with Crippen molar-refractivity contribution in [2.45, 2.75) is 30.7 Å². The largest absolute Gasteiger partial charge is 0.328 e. The Morgan fingerprint density at radius 1 is 1.50 bits per heavy atom. The number of halogens is 2. The van der Waals surface area contributed by atoms with Gasteiger partial charge in [0.25, 0.3) is 0 Å². The number of piperidine rings is 1. The maximum Gasteiger partial charge on any atom is 0.246 e. The van der Waals surface area contributed by atoms with Gasteiger partial charge in [-0.15, -0.1) is 0 Å². The van der Waals surface area contributed by atoms with Gasteiger partial charge in [-0.3, -0.25) is 0 Å². The van der Waals surface area contributed by atoms with E-state index in [0.29, 0.717) is 13.1 Å². The molecule has 1 aliphatic rings. The van der Waals surface area contributed by atoms with Crippen LogP contribution < -0.4 is 5.73 Å². The van der Waals surface area contributed by atoms with Crippen molar-refractivity contribution < 1.29 is 12.8 Å². The highest BCUT2D eigenvalue weighted by molar-refractivity contribution is 7.89. The molecule has 0 aromatic heterocycles. The van der Waals surface area contributed by atoms with Gasteiger partial charge in [-0.05, 0) is 37.8 Å². The predicted octanol–water partition coefficient (Wildman–Crippen LogP) is 2.23. The molecular weight excluding hydrogens is 303 g/mol. The van der Waals surface area contributed by atoms with Crippen molar-refractivity contribution in [2.75, 3.05) is 13.1 Å². The molecule has 2 N–H and O–H groups in total. The Balaban J connectivity index is 2.33. The van der Waals surface area contributed by atoms with Gasteiger partial charge in [-0.25, -0.2) is 12.8 Å². The first-order valence-corrected chi connectivity index (χ1v) is 8.35. The van der Waals surface area contributed by atoms with Crippen molar-refractivity contribution in [1.29, 1.82) is 0 Å². The molecular formula is C13H18ClFN2O2S. The molecule has 1 aromatic rings. The number of sulfonamides is 1. The Labute approximate surface area is 123 Å². The molecule has 0 radical (unpaired) electrons. The molecule has 1 fully saturated rings. The Bertz CT molecular complexity index is 592. The van der Waals surface area contributed by atoms with Crippen LogP contribution >= 0.6 is 11.6 Å². The lowest BCUT2D eigenvalue weighted by atomic mass is 9.93. The lowest BCUT2D eigenvalue weighted by molar-refractivity contribution is 0.242. The van der Waals surface area contributed by atoms with Crippen LogP contribution in [0.1, 0.15) is 19.8 Å². The summed E-state index contributed by atoms with van der Waals surface area (Å²) in [5.41, 5.74) is 5.85. The zero-order valence-corrected chi connectivity index (χ0v) is 12.8. The molecule has 1 aliphatic heterocycles. The van der Waals surface area contributed by atoms with E-state index in [4.69, 9.17) is 17.3 Å². The van der Waals surface area contributed by atoms with E-state index in [-0.39, 0.29) is 21.9 Å². The van der Waals surface area contributed by atoms with E-state index in [0.717, 1.165) is 12.8 Å². The zero-order chi connectivity index (χ0) is 14.9. The number of nitrogens with zero attached hydrogens (tertiary/aromatic N) is 1. The molecule has 0 bridgehead atoms. The van der Waals surface area contributed by atoms with Gasteiger partial charge in [0.2, 0.25) is 10.0 Å². The van der Waals surface area contributed by atoms with Crippen molar-refractivity contribution in [3.8, 4) is 0 Å². The fourth-order valence-corrected chi connectivity index (χ4v) is 4.30. The SMILES string of the molecule is C[C@H](N)[C@@H]1CCCN(S(=O)(=O)c2cccc(Cl)c2F)C1. The van der Waals surface area contributed by atoms with Crippen molar-refractivity contribution in [2.24, 2.45) is 11.7 Å². The first-order valence-electron chi connectivity index (χ1n) is 6.53. The summed E-state index contributed by atoms with van der Waals surface area (Å²) in [6.45, 7) is 2.57. The number of nitrogens with two attached hydrogens (primary N) is 1. The standard InChI is InChI=1S/C13H18ClFN2O2S/c1-9(16)10-4-3-7-17(8-10)20(18,19)12-6-2-5-11(14)13(12)15/h2,5-6,9-10H,3-4,7-8,16H2,1H3/t9-,10+/m0/s1. The third-order valence-corrected chi connectivity index (χ3v) is 5.87. The second-order valence-electron chi connectivity index (χ2n) is 5.18. The number of rotatable bonds is 3. The van der Waals surface area contributed by atoms with Crippen LogP contribution in [0, 0.1) is 11.7 Å². The molecule has 1 heterocycles. The molecule has 2 rings (SSSR count). The minimum Gasteiger partial charge on any atom is -0.328 e. The van der Waals surface area contributed by atoms with Gasteiger partial charge in [0, 0.05) is 19.1 Å². The zero-order valence-electron chi connectivity index (χ0n) is 11.2. The molecule has 0 amide bonds. The van der Waals surface area contributed by atoms with Crippen LogP contribution in [0.15, 0.2) is 23.1 Å². The molecule has 7 heteroatoms. The highest BCUT2D eigenvalue weighted by atomic mass is 35.5. The van der Waals surface area contributed by atoms with Crippen molar-refractivity contribution in [1.82, 2.24) is 4.31 Å². The van der Waals surface area contributed by atoms with Gasteiger partial charge in [0.15, 0.2) is 5.82 Å². The van der Waals surface area contributed by atoms with Gasteiger partial charge in [0.1, 0.15) is 4.90 Å². The lowest BCUT2D eigenvalue weighted by Gasteiger charge is -2.33. The first-order chi connectivity index (χ1) is 9.34. The Morgan fingerprint density at radius 3 is 2.85 bits per heavy atom. The molecule has 4 nitrogen and oxygen atoms in total. The van der Waals surface area contributed by atoms with E-state index in [1.807, 2.05) is 6.92 Å². The Morgan fingerprint density at radius 2 is 2.20 bits per heavy atom. The summed E-state index contributed by atoms with van der Waals surface area (Å²) in [6, 6.07) is 3.92. The van der Waals surface area contributed by atoms with Gasteiger partial charge in [-0.1, -0.05) is 17.7 Å².